The molecule has 0 aromatic heterocycles. The number of hydrogen-bond donors (Lipinski definition) is 2. The van der Waals surface area contributed by atoms with Crippen molar-refractivity contribution in [3.63, 3.8) is 0 Å². The minimum Gasteiger partial charge on any atom is -0.480 e. The van der Waals surface area contributed by atoms with Gasteiger partial charge in [-0.2, -0.15) is 0 Å². The lowest BCUT2D eigenvalue weighted by Gasteiger charge is -2.16. The van der Waals surface area contributed by atoms with Crippen molar-refractivity contribution in [1.29, 1.82) is 0 Å². The standard InChI is InChI=1S/C11H21NO5S/c1-8(2)7-9(11(14)15)12-10(13)5-4-6-18(3,16)17/h8-9H,4-7H2,1-3H3,(H,12,13)(H,14,15). The highest BCUT2D eigenvalue weighted by molar-refractivity contribution is 7.90. The van der Waals surface area contributed by atoms with E-state index in [0.717, 1.165) is 6.26 Å². The molecular formula is C11H21NO5S. The van der Waals surface area contributed by atoms with E-state index >= 15 is 0 Å². The Morgan fingerprint density at radius 3 is 2.22 bits per heavy atom. The Kier molecular flexibility index (Phi) is 6.90. The van der Waals surface area contributed by atoms with Crippen LogP contribution in [0.4, 0.5) is 0 Å². The number of carbonyl (C=O) groups excluding carboxylic acids is 1. The zero-order chi connectivity index (χ0) is 14.3. The monoisotopic (exact) mass is 279 g/mol. The fraction of sp³-hybridized carbons (Fsp3) is 0.818. The molecule has 0 aromatic rings. The van der Waals surface area contributed by atoms with Crippen LogP contribution in [0.5, 0.6) is 0 Å². The summed E-state index contributed by atoms with van der Waals surface area (Å²) in [6.07, 6.45) is 1.69. The van der Waals surface area contributed by atoms with Crippen LogP contribution in [0.15, 0.2) is 0 Å². The van der Waals surface area contributed by atoms with Gasteiger partial charge >= 0.3 is 5.97 Å². The summed E-state index contributed by atoms with van der Waals surface area (Å²) in [5.74, 6) is -1.41. The lowest BCUT2D eigenvalue weighted by molar-refractivity contribution is -0.142. The number of carboxylic acid groups (broad SMARTS) is 1. The molecule has 0 saturated carbocycles. The largest absolute Gasteiger partial charge is 0.480 e. The number of hydrogen-bond acceptors (Lipinski definition) is 4. The van der Waals surface area contributed by atoms with E-state index in [1.165, 1.54) is 0 Å². The summed E-state index contributed by atoms with van der Waals surface area (Å²) in [4.78, 5) is 22.3. The number of carbonyl (C=O) groups is 2. The first kappa shape index (κ1) is 16.9. The summed E-state index contributed by atoms with van der Waals surface area (Å²) in [5.41, 5.74) is 0. The van der Waals surface area contributed by atoms with Gasteiger partial charge in [0, 0.05) is 12.7 Å². The molecular weight excluding hydrogens is 258 g/mol. The fourth-order valence-corrected chi connectivity index (χ4v) is 2.12. The molecule has 2 N–H and O–H groups in total. The molecule has 0 aliphatic carbocycles. The van der Waals surface area contributed by atoms with Crippen molar-refractivity contribution in [2.24, 2.45) is 5.92 Å². The Balaban J connectivity index is 4.15. The first-order valence-electron chi connectivity index (χ1n) is 5.81. The molecule has 0 aliphatic rings. The average Bonchev–Trinajstić information content (AvgIpc) is 2.13. The summed E-state index contributed by atoms with van der Waals surface area (Å²) >= 11 is 0. The maximum absolute atomic E-state index is 11.5. The number of carboxylic acids is 1. The van der Waals surface area contributed by atoms with Crippen LogP contribution in [-0.2, 0) is 19.4 Å². The molecule has 6 nitrogen and oxygen atoms in total. The summed E-state index contributed by atoms with van der Waals surface area (Å²) < 4.78 is 21.7. The third-order valence-corrected chi connectivity index (χ3v) is 3.29. The van der Waals surface area contributed by atoms with Gasteiger partial charge in [-0.05, 0) is 18.8 Å². The summed E-state index contributed by atoms with van der Waals surface area (Å²) in [6, 6.07) is -0.907. The molecule has 1 amide bonds. The first-order chi connectivity index (χ1) is 8.11. The van der Waals surface area contributed by atoms with Crippen LogP contribution in [-0.4, -0.2) is 43.5 Å². The summed E-state index contributed by atoms with van der Waals surface area (Å²) in [6.45, 7) is 3.73. The molecule has 0 heterocycles. The highest BCUT2D eigenvalue weighted by Gasteiger charge is 2.20. The number of rotatable bonds is 8. The minimum absolute atomic E-state index is 0.0228. The first-order valence-corrected chi connectivity index (χ1v) is 7.87. The van der Waals surface area contributed by atoms with Gasteiger partial charge in [0.1, 0.15) is 15.9 Å². The van der Waals surface area contributed by atoms with Gasteiger partial charge < -0.3 is 10.4 Å². The van der Waals surface area contributed by atoms with Gasteiger partial charge in [0.25, 0.3) is 0 Å². The van der Waals surface area contributed by atoms with Crippen LogP contribution in [0.1, 0.15) is 33.1 Å². The third kappa shape index (κ3) is 8.98. The number of aliphatic carboxylic acids is 1. The highest BCUT2D eigenvalue weighted by atomic mass is 32.2. The van der Waals surface area contributed by atoms with Crippen LogP contribution in [0.2, 0.25) is 0 Å². The predicted molar refractivity (Wildman–Crippen MR) is 68.0 cm³/mol. The van der Waals surface area contributed by atoms with Gasteiger partial charge in [-0.1, -0.05) is 13.8 Å². The van der Waals surface area contributed by atoms with E-state index in [1.807, 2.05) is 13.8 Å². The zero-order valence-electron chi connectivity index (χ0n) is 11.0. The van der Waals surface area contributed by atoms with Gasteiger partial charge in [-0.25, -0.2) is 13.2 Å². The maximum Gasteiger partial charge on any atom is 0.326 e. The van der Waals surface area contributed by atoms with Crippen molar-refractivity contribution >= 4 is 21.7 Å². The Bertz CT molecular complexity index is 388. The molecule has 0 aromatic carbocycles. The third-order valence-electron chi connectivity index (χ3n) is 2.26. The molecule has 0 saturated heterocycles. The van der Waals surface area contributed by atoms with Crippen molar-refractivity contribution in [2.45, 2.75) is 39.2 Å². The molecule has 0 spiro atoms. The van der Waals surface area contributed by atoms with Crippen LogP contribution in [0.3, 0.4) is 0 Å². The van der Waals surface area contributed by atoms with Crippen LogP contribution in [0, 0.1) is 5.92 Å². The van der Waals surface area contributed by atoms with E-state index in [4.69, 9.17) is 5.11 Å². The molecule has 1 unspecified atom stereocenters. The predicted octanol–water partition coefficient (Wildman–Crippen LogP) is 0.427. The Labute approximate surface area is 108 Å². The van der Waals surface area contributed by atoms with E-state index in [0.29, 0.717) is 6.42 Å². The van der Waals surface area contributed by atoms with Crippen LogP contribution < -0.4 is 5.32 Å². The molecule has 1 atom stereocenters. The molecule has 0 aliphatic heterocycles. The smallest absolute Gasteiger partial charge is 0.326 e. The second-order valence-corrected chi connectivity index (χ2v) is 7.08. The Hall–Kier alpha value is -1.11. The van der Waals surface area contributed by atoms with Crippen LogP contribution >= 0.6 is 0 Å². The topological polar surface area (TPSA) is 101 Å². The van der Waals surface area contributed by atoms with Gasteiger partial charge in [-0.3, -0.25) is 4.79 Å². The van der Waals surface area contributed by atoms with E-state index in [2.05, 4.69) is 5.32 Å². The van der Waals surface area contributed by atoms with Crippen molar-refractivity contribution in [2.75, 3.05) is 12.0 Å². The lowest BCUT2D eigenvalue weighted by atomic mass is 10.0. The van der Waals surface area contributed by atoms with Crippen molar-refractivity contribution in [1.82, 2.24) is 5.32 Å². The fourth-order valence-electron chi connectivity index (χ4n) is 1.45. The number of sulfone groups is 1. The summed E-state index contributed by atoms with van der Waals surface area (Å²) in [7, 11) is -3.08. The number of nitrogens with one attached hydrogen (secondary N) is 1. The Morgan fingerprint density at radius 1 is 1.28 bits per heavy atom. The zero-order valence-corrected chi connectivity index (χ0v) is 11.8. The van der Waals surface area contributed by atoms with Gasteiger partial charge in [0.15, 0.2) is 0 Å². The maximum atomic E-state index is 11.5. The quantitative estimate of drug-likeness (QED) is 0.671. The second-order valence-electron chi connectivity index (χ2n) is 4.82. The van der Waals surface area contributed by atoms with Gasteiger partial charge in [-0.15, -0.1) is 0 Å². The van der Waals surface area contributed by atoms with E-state index in [-0.39, 0.29) is 24.5 Å². The van der Waals surface area contributed by atoms with Gasteiger partial charge in [0.05, 0.1) is 5.75 Å². The van der Waals surface area contributed by atoms with Crippen molar-refractivity contribution in [3.05, 3.63) is 0 Å². The lowest BCUT2D eigenvalue weighted by Crippen LogP contribution is -2.41. The normalized spacial score (nSPS) is 13.3. The Morgan fingerprint density at radius 2 is 1.83 bits per heavy atom. The summed E-state index contributed by atoms with van der Waals surface area (Å²) in [5, 5.41) is 11.3. The minimum atomic E-state index is -3.08. The molecule has 0 radical (unpaired) electrons. The molecule has 106 valence electrons. The highest BCUT2D eigenvalue weighted by Crippen LogP contribution is 2.05. The van der Waals surface area contributed by atoms with Crippen molar-refractivity contribution < 1.29 is 23.1 Å². The molecule has 18 heavy (non-hydrogen) atoms. The van der Waals surface area contributed by atoms with E-state index in [9.17, 15) is 18.0 Å². The number of amides is 1. The SMILES string of the molecule is CC(C)CC(NC(=O)CCCS(C)(=O)=O)C(=O)O. The average molecular weight is 279 g/mol. The van der Waals surface area contributed by atoms with E-state index < -0.39 is 27.8 Å². The van der Waals surface area contributed by atoms with Crippen LogP contribution in [0.25, 0.3) is 0 Å². The molecule has 0 rings (SSSR count). The van der Waals surface area contributed by atoms with Gasteiger partial charge in [0.2, 0.25) is 5.91 Å². The molecule has 0 bridgehead atoms. The molecule has 7 heteroatoms. The molecule has 0 fully saturated rings. The van der Waals surface area contributed by atoms with E-state index in [1.54, 1.807) is 0 Å². The second kappa shape index (κ2) is 7.35. The van der Waals surface area contributed by atoms with Crippen molar-refractivity contribution in [3.8, 4) is 0 Å².